The normalized spacial score (nSPS) is 19.3. The summed E-state index contributed by atoms with van der Waals surface area (Å²) in [4.78, 5) is 66.8. The maximum atomic E-state index is 14.8. The lowest BCUT2D eigenvalue weighted by molar-refractivity contribution is -0.140. The lowest BCUT2D eigenvalue weighted by Gasteiger charge is -2.36. The van der Waals surface area contributed by atoms with Crippen LogP contribution in [0.15, 0.2) is 36.4 Å². The largest absolute Gasteiger partial charge is 0.352 e. The highest BCUT2D eigenvalue weighted by atomic mass is 19.1. The third-order valence-corrected chi connectivity index (χ3v) is 12.2. The summed E-state index contributed by atoms with van der Waals surface area (Å²) in [6.07, 6.45) is 4.61. The van der Waals surface area contributed by atoms with Crippen LogP contribution in [0.4, 0.5) is 8.78 Å². The Bertz CT molecular complexity index is 2180. The molecule has 2 aromatic heterocycles. The van der Waals surface area contributed by atoms with E-state index in [2.05, 4.69) is 26.3 Å². The first kappa shape index (κ1) is 43.7. The first-order valence-electron chi connectivity index (χ1n) is 21.1. The molecule has 6 rings (SSSR count). The smallest absolute Gasteiger partial charge is 0.245 e. The van der Waals surface area contributed by atoms with Gasteiger partial charge in [-0.15, -0.1) is 0 Å². The van der Waals surface area contributed by atoms with Crippen LogP contribution in [0.2, 0.25) is 0 Å². The van der Waals surface area contributed by atoms with Gasteiger partial charge >= 0.3 is 0 Å². The molecule has 2 saturated heterocycles. The summed E-state index contributed by atoms with van der Waals surface area (Å²) in [6.45, 7) is 12.7. The van der Waals surface area contributed by atoms with E-state index in [1.54, 1.807) is 40.1 Å². The van der Waals surface area contributed by atoms with Crippen LogP contribution in [0.3, 0.4) is 0 Å². The number of imidazole rings is 1. The van der Waals surface area contributed by atoms with Crippen molar-refractivity contribution >= 4 is 45.6 Å². The molecule has 13 nitrogen and oxygen atoms in total. The summed E-state index contributed by atoms with van der Waals surface area (Å²) in [7, 11) is 3.40. The predicted molar refractivity (Wildman–Crippen MR) is 225 cm³/mol. The number of likely N-dealkylation sites (tertiary alicyclic amines) is 2. The minimum Gasteiger partial charge on any atom is -0.352 e. The van der Waals surface area contributed by atoms with Gasteiger partial charge in [0.15, 0.2) is 5.82 Å². The summed E-state index contributed by atoms with van der Waals surface area (Å²) in [5, 5.41) is 12.6. The van der Waals surface area contributed by atoms with Crippen LogP contribution in [-0.4, -0.2) is 111 Å². The maximum Gasteiger partial charge on any atom is 0.245 e. The Balaban J connectivity index is 1.39. The van der Waals surface area contributed by atoms with Crippen LogP contribution >= 0.6 is 0 Å². The van der Waals surface area contributed by atoms with Crippen molar-refractivity contribution in [3.05, 3.63) is 53.6 Å². The molecule has 2 aromatic carbocycles. The van der Waals surface area contributed by atoms with Crippen LogP contribution in [0.5, 0.6) is 0 Å². The molecule has 0 saturated carbocycles. The number of benzene rings is 2. The van der Waals surface area contributed by atoms with E-state index in [1.807, 2.05) is 42.1 Å². The number of H-pyrrole nitrogens is 1. The minimum atomic E-state index is -0.768. The molecule has 0 bridgehead atoms. The van der Waals surface area contributed by atoms with E-state index >= 15 is 0 Å². The topological polar surface area (TPSA) is 156 Å². The number of carbonyl (C=O) groups excluding carboxylic acids is 4. The number of rotatable bonds is 15. The number of nitrogens with zero attached hydrogens (tertiary/aromatic N) is 4. The molecule has 2 fully saturated rings. The molecule has 4 heterocycles. The summed E-state index contributed by atoms with van der Waals surface area (Å²) in [6, 6.07) is 6.19. The van der Waals surface area contributed by atoms with Crippen molar-refractivity contribution in [3.63, 3.8) is 0 Å². The highest BCUT2D eigenvalue weighted by Gasteiger charge is 2.41. The van der Waals surface area contributed by atoms with Crippen LogP contribution in [0, 0.1) is 17.0 Å². The van der Waals surface area contributed by atoms with Gasteiger partial charge in [-0.05, 0) is 108 Å². The van der Waals surface area contributed by atoms with E-state index in [9.17, 15) is 28.0 Å². The lowest BCUT2D eigenvalue weighted by atomic mass is 9.85. The second-order valence-corrected chi connectivity index (χ2v) is 17.4. The van der Waals surface area contributed by atoms with Crippen LogP contribution in [-0.2, 0) is 32.1 Å². The first-order chi connectivity index (χ1) is 28.1. The molecule has 0 spiro atoms. The Hall–Kier alpha value is -4.89. The fraction of sp³-hybridized carbons (Fsp3) is 0.568. The molecule has 320 valence electrons. The van der Waals surface area contributed by atoms with Crippen LogP contribution in [0.1, 0.15) is 85.6 Å². The number of likely N-dealkylation sites (N-methyl/N-ethyl adjacent to an activating group) is 2. The molecule has 0 aliphatic carbocycles. The van der Waals surface area contributed by atoms with Crippen LogP contribution in [0.25, 0.3) is 33.5 Å². The van der Waals surface area contributed by atoms with Gasteiger partial charge in [0.1, 0.15) is 23.7 Å². The molecule has 2 aliphatic heterocycles. The standard InChI is InChI=1S/C44H61F2N9O4/c1-9-12-33(51-40(56)25(2)47-7)42(58)54-20-11-14-30(54)24-55-36-18-16-28(46)22-35(36)50-39(55)37-32(31-17-15-27(45)21-34(31)49-37)23-29-13-10-19-53(29)43(59)38(44(4,5)6)52-41(57)26(3)48-8/h15-18,21-22,25-26,29-30,33,38,47-49H,9-14,19-20,23-24H2,1-8H3,(H,51,56)(H,52,57)/t25-,26-,29-,30-,33-,38+/m0/s1. The zero-order valence-corrected chi connectivity index (χ0v) is 35.7. The summed E-state index contributed by atoms with van der Waals surface area (Å²) in [5.74, 6) is -1.14. The van der Waals surface area contributed by atoms with Crippen molar-refractivity contribution in [2.45, 2.75) is 129 Å². The second kappa shape index (κ2) is 18.2. The van der Waals surface area contributed by atoms with Crippen molar-refractivity contribution in [1.82, 2.24) is 45.6 Å². The van der Waals surface area contributed by atoms with Crippen molar-refractivity contribution in [1.29, 1.82) is 0 Å². The number of aromatic amines is 1. The van der Waals surface area contributed by atoms with E-state index in [0.29, 0.717) is 73.4 Å². The van der Waals surface area contributed by atoms with Crippen molar-refractivity contribution in [3.8, 4) is 11.5 Å². The van der Waals surface area contributed by atoms with Gasteiger partial charge in [0, 0.05) is 48.7 Å². The third-order valence-electron chi connectivity index (χ3n) is 12.2. The number of amides is 4. The molecule has 5 N–H and O–H groups in total. The Labute approximate surface area is 345 Å². The number of hydrogen-bond acceptors (Lipinski definition) is 7. The first-order valence-corrected chi connectivity index (χ1v) is 21.1. The van der Waals surface area contributed by atoms with E-state index in [4.69, 9.17) is 4.98 Å². The molecule has 0 unspecified atom stereocenters. The van der Waals surface area contributed by atoms with Gasteiger partial charge in [-0.1, -0.05) is 34.1 Å². The summed E-state index contributed by atoms with van der Waals surface area (Å²) in [5.41, 5.74) is 2.56. The number of carbonyl (C=O) groups is 4. The van der Waals surface area contributed by atoms with Gasteiger partial charge in [0.25, 0.3) is 0 Å². The Morgan fingerprint density at radius 2 is 1.47 bits per heavy atom. The molecule has 6 atom stereocenters. The molecule has 2 aliphatic rings. The van der Waals surface area contributed by atoms with E-state index < -0.39 is 41.2 Å². The van der Waals surface area contributed by atoms with Crippen molar-refractivity contribution < 1.29 is 28.0 Å². The number of nitrogens with one attached hydrogen (secondary N) is 5. The average Bonchev–Trinajstić information content (AvgIpc) is 4.01. The number of aromatic nitrogens is 3. The molecule has 59 heavy (non-hydrogen) atoms. The highest BCUT2D eigenvalue weighted by molar-refractivity contribution is 5.93. The van der Waals surface area contributed by atoms with Crippen molar-refractivity contribution in [2.24, 2.45) is 5.41 Å². The van der Waals surface area contributed by atoms with Gasteiger partial charge in [0.05, 0.1) is 28.8 Å². The van der Waals surface area contributed by atoms with Gasteiger partial charge in [0.2, 0.25) is 23.6 Å². The number of hydrogen-bond donors (Lipinski definition) is 5. The van der Waals surface area contributed by atoms with E-state index in [1.165, 1.54) is 24.3 Å². The zero-order valence-electron chi connectivity index (χ0n) is 35.7. The Kier molecular flexibility index (Phi) is 13.4. The number of halogens is 2. The van der Waals surface area contributed by atoms with E-state index in [-0.39, 0.29) is 35.7 Å². The minimum absolute atomic E-state index is 0.138. The summed E-state index contributed by atoms with van der Waals surface area (Å²) < 4.78 is 31.7. The second-order valence-electron chi connectivity index (χ2n) is 17.4. The lowest BCUT2D eigenvalue weighted by Crippen LogP contribution is -2.58. The van der Waals surface area contributed by atoms with E-state index in [0.717, 1.165) is 30.2 Å². The molecular weight excluding hydrogens is 757 g/mol. The predicted octanol–water partition coefficient (Wildman–Crippen LogP) is 5.02. The summed E-state index contributed by atoms with van der Waals surface area (Å²) >= 11 is 0. The third kappa shape index (κ3) is 9.30. The molecule has 4 amide bonds. The Morgan fingerprint density at radius 1 is 0.864 bits per heavy atom. The zero-order chi connectivity index (χ0) is 42.8. The van der Waals surface area contributed by atoms with Gasteiger partial charge in [-0.2, -0.15) is 0 Å². The fourth-order valence-electron chi connectivity index (χ4n) is 8.60. The molecule has 0 radical (unpaired) electrons. The fourth-order valence-corrected chi connectivity index (χ4v) is 8.60. The Morgan fingerprint density at radius 3 is 2.12 bits per heavy atom. The van der Waals surface area contributed by atoms with Crippen LogP contribution < -0.4 is 21.3 Å². The average molecular weight is 818 g/mol. The molecule has 15 heteroatoms. The van der Waals surface area contributed by atoms with Gasteiger partial charge in [-0.25, -0.2) is 13.8 Å². The molecular formula is C44H61F2N9O4. The maximum absolute atomic E-state index is 14.8. The van der Waals surface area contributed by atoms with Gasteiger partial charge in [-0.3, -0.25) is 19.2 Å². The SMILES string of the molecule is CCC[C@H](NC(=O)[C@H](C)NC)C(=O)N1CCC[C@H]1Cn1c(-c2[nH]c3cc(F)ccc3c2C[C@@H]2CCCN2C(=O)[C@@H](NC(=O)[C@H](C)NC)C(C)(C)C)nc2cc(F)ccc21. The highest BCUT2D eigenvalue weighted by Crippen LogP contribution is 2.37. The van der Waals surface area contributed by atoms with Crippen molar-refractivity contribution in [2.75, 3.05) is 27.2 Å². The molecule has 4 aromatic rings. The monoisotopic (exact) mass is 817 g/mol. The van der Waals surface area contributed by atoms with Gasteiger partial charge < -0.3 is 40.6 Å². The number of fused-ring (bicyclic) bond motifs is 2. The quantitative estimate of drug-likeness (QED) is 0.113.